The maximum atomic E-state index is 12.4. The molecule has 25 heavy (non-hydrogen) atoms. The zero-order valence-electron chi connectivity index (χ0n) is 14.5. The number of rotatable bonds is 7. The second-order valence-electron chi connectivity index (χ2n) is 4.97. The standard InChI is InChI=1S/C19H19BrO5/c1-22-15-9-7-13(11-17(15)24-3)14(21)8-5-12-6-10-16(23-2)18(20)19(12)25-4/h5-11H,1-4H3/b8-5+. The summed E-state index contributed by atoms with van der Waals surface area (Å²) in [5.74, 6) is 2.17. The van der Waals surface area contributed by atoms with Crippen molar-refractivity contribution in [3.8, 4) is 23.0 Å². The highest BCUT2D eigenvalue weighted by Gasteiger charge is 2.12. The molecule has 6 heteroatoms. The Hall–Kier alpha value is -2.47. The molecule has 132 valence electrons. The van der Waals surface area contributed by atoms with Crippen molar-refractivity contribution in [3.63, 3.8) is 0 Å². The van der Waals surface area contributed by atoms with Gasteiger partial charge >= 0.3 is 0 Å². The van der Waals surface area contributed by atoms with Gasteiger partial charge < -0.3 is 18.9 Å². The lowest BCUT2D eigenvalue weighted by Crippen LogP contribution is -1.98. The van der Waals surface area contributed by atoms with E-state index in [0.29, 0.717) is 33.0 Å². The van der Waals surface area contributed by atoms with Crippen molar-refractivity contribution in [2.24, 2.45) is 0 Å². The van der Waals surface area contributed by atoms with Crippen LogP contribution in [0.2, 0.25) is 0 Å². The van der Waals surface area contributed by atoms with E-state index in [4.69, 9.17) is 18.9 Å². The Bertz CT molecular complexity index is 799. The van der Waals surface area contributed by atoms with Gasteiger partial charge in [-0.2, -0.15) is 0 Å². The first-order chi connectivity index (χ1) is 12.0. The van der Waals surface area contributed by atoms with Crippen LogP contribution in [0.15, 0.2) is 40.9 Å². The van der Waals surface area contributed by atoms with Crippen LogP contribution in [0.25, 0.3) is 6.08 Å². The molecule has 0 amide bonds. The van der Waals surface area contributed by atoms with E-state index in [9.17, 15) is 4.79 Å². The van der Waals surface area contributed by atoms with E-state index < -0.39 is 0 Å². The van der Waals surface area contributed by atoms with E-state index in [2.05, 4.69) is 15.9 Å². The Morgan fingerprint density at radius 2 is 1.52 bits per heavy atom. The van der Waals surface area contributed by atoms with E-state index in [0.717, 1.165) is 5.56 Å². The number of ketones is 1. The van der Waals surface area contributed by atoms with Gasteiger partial charge in [-0.15, -0.1) is 0 Å². The zero-order chi connectivity index (χ0) is 18.4. The predicted molar refractivity (Wildman–Crippen MR) is 100 cm³/mol. The Balaban J connectivity index is 2.30. The highest BCUT2D eigenvalue weighted by Crippen LogP contribution is 2.37. The Morgan fingerprint density at radius 3 is 2.12 bits per heavy atom. The third-order valence-corrected chi connectivity index (χ3v) is 4.35. The summed E-state index contributed by atoms with van der Waals surface area (Å²) < 4.78 is 21.7. The normalized spacial score (nSPS) is 10.6. The summed E-state index contributed by atoms with van der Waals surface area (Å²) in [4.78, 5) is 12.4. The molecule has 0 aliphatic carbocycles. The zero-order valence-corrected chi connectivity index (χ0v) is 16.0. The minimum Gasteiger partial charge on any atom is -0.495 e. The number of benzene rings is 2. The molecule has 0 N–H and O–H groups in total. The van der Waals surface area contributed by atoms with E-state index in [-0.39, 0.29) is 5.78 Å². The maximum absolute atomic E-state index is 12.4. The molecule has 2 rings (SSSR count). The Labute approximate surface area is 155 Å². The third kappa shape index (κ3) is 4.14. The van der Waals surface area contributed by atoms with Crippen LogP contribution in [-0.2, 0) is 0 Å². The van der Waals surface area contributed by atoms with Gasteiger partial charge in [0.15, 0.2) is 17.3 Å². The first kappa shape index (κ1) is 18.9. The summed E-state index contributed by atoms with van der Waals surface area (Å²) in [5.41, 5.74) is 1.25. The number of halogens is 1. The quantitative estimate of drug-likeness (QED) is 0.504. The molecule has 0 unspecified atom stereocenters. The van der Waals surface area contributed by atoms with Crippen LogP contribution >= 0.6 is 15.9 Å². The molecule has 2 aromatic carbocycles. The van der Waals surface area contributed by atoms with Crippen molar-refractivity contribution >= 4 is 27.8 Å². The monoisotopic (exact) mass is 406 g/mol. The van der Waals surface area contributed by atoms with Crippen LogP contribution in [-0.4, -0.2) is 34.2 Å². The van der Waals surface area contributed by atoms with Crippen LogP contribution in [0, 0.1) is 0 Å². The SMILES string of the molecule is COc1ccc(C(=O)/C=C/c2ccc(OC)c(Br)c2OC)cc1OC. The van der Waals surface area contributed by atoms with Gasteiger partial charge in [-0.05, 0) is 58.4 Å². The predicted octanol–water partition coefficient (Wildman–Crippen LogP) is 4.38. The molecule has 0 heterocycles. The average molecular weight is 407 g/mol. The van der Waals surface area contributed by atoms with E-state index in [1.54, 1.807) is 51.7 Å². The van der Waals surface area contributed by atoms with Gasteiger partial charge in [-0.1, -0.05) is 0 Å². The fraction of sp³-hybridized carbons (Fsp3) is 0.211. The summed E-state index contributed by atoms with van der Waals surface area (Å²) in [6.07, 6.45) is 3.18. The molecule has 0 atom stereocenters. The largest absolute Gasteiger partial charge is 0.495 e. The highest BCUT2D eigenvalue weighted by molar-refractivity contribution is 9.10. The van der Waals surface area contributed by atoms with Crippen molar-refractivity contribution < 1.29 is 23.7 Å². The molecule has 0 fully saturated rings. The Kier molecular flexibility index (Phi) is 6.47. The van der Waals surface area contributed by atoms with E-state index in [1.165, 1.54) is 13.2 Å². The minimum atomic E-state index is -0.157. The Morgan fingerprint density at radius 1 is 0.880 bits per heavy atom. The molecule has 0 aromatic heterocycles. The van der Waals surface area contributed by atoms with Gasteiger partial charge in [-0.25, -0.2) is 0 Å². The molecule has 0 radical (unpaired) electrons. The van der Waals surface area contributed by atoms with Gasteiger partial charge in [0.25, 0.3) is 0 Å². The molecule has 0 aliphatic rings. The first-order valence-electron chi connectivity index (χ1n) is 7.40. The van der Waals surface area contributed by atoms with Crippen molar-refractivity contribution in [1.29, 1.82) is 0 Å². The van der Waals surface area contributed by atoms with Crippen LogP contribution in [0.3, 0.4) is 0 Å². The van der Waals surface area contributed by atoms with E-state index in [1.807, 2.05) is 6.07 Å². The fourth-order valence-corrected chi connectivity index (χ4v) is 2.99. The number of carbonyl (C=O) groups is 1. The summed E-state index contributed by atoms with van der Waals surface area (Å²) >= 11 is 3.44. The van der Waals surface area contributed by atoms with Gasteiger partial charge in [0.05, 0.1) is 28.4 Å². The molecule has 0 aliphatic heterocycles. The smallest absolute Gasteiger partial charge is 0.185 e. The molecule has 0 saturated heterocycles. The van der Waals surface area contributed by atoms with Crippen LogP contribution < -0.4 is 18.9 Å². The first-order valence-corrected chi connectivity index (χ1v) is 8.19. The van der Waals surface area contributed by atoms with Crippen molar-refractivity contribution in [1.82, 2.24) is 0 Å². The van der Waals surface area contributed by atoms with Crippen molar-refractivity contribution in [2.45, 2.75) is 0 Å². The van der Waals surface area contributed by atoms with Gasteiger partial charge in [0.2, 0.25) is 0 Å². The second-order valence-corrected chi connectivity index (χ2v) is 5.76. The van der Waals surface area contributed by atoms with Crippen LogP contribution in [0.5, 0.6) is 23.0 Å². The van der Waals surface area contributed by atoms with Gasteiger partial charge in [0.1, 0.15) is 16.0 Å². The molecule has 5 nitrogen and oxygen atoms in total. The fourth-order valence-electron chi connectivity index (χ4n) is 2.30. The number of hydrogen-bond donors (Lipinski definition) is 0. The number of hydrogen-bond acceptors (Lipinski definition) is 5. The summed E-state index contributed by atoms with van der Waals surface area (Å²) in [7, 11) is 6.22. The third-order valence-electron chi connectivity index (χ3n) is 3.60. The molecular formula is C19H19BrO5. The molecule has 0 bridgehead atoms. The second kappa shape index (κ2) is 8.58. The molecule has 0 saturated carbocycles. The van der Waals surface area contributed by atoms with Crippen LogP contribution in [0.4, 0.5) is 0 Å². The lowest BCUT2D eigenvalue weighted by atomic mass is 10.1. The topological polar surface area (TPSA) is 54.0 Å². The maximum Gasteiger partial charge on any atom is 0.185 e. The number of allylic oxidation sites excluding steroid dienone is 1. The van der Waals surface area contributed by atoms with Gasteiger partial charge in [0, 0.05) is 11.1 Å². The van der Waals surface area contributed by atoms with E-state index >= 15 is 0 Å². The molecular weight excluding hydrogens is 388 g/mol. The van der Waals surface area contributed by atoms with Crippen LogP contribution in [0.1, 0.15) is 15.9 Å². The number of methoxy groups -OCH3 is 4. The van der Waals surface area contributed by atoms with Crippen molar-refractivity contribution in [3.05, 3.63) is 52.0 Å². The molecule has 2 aromatic rings. The molecule has 0 spiro atoms. The number of ether oxygens (including phenoxy) is 4. The van der Waals surface area contributed by atoms with Gasteiger partial charge in [-0.3, -0.25) is 4.79 Å². The van der Waals surface area contributed by atoms with Crippen molar-refractivity contribution in [2.75, 3.05) is 28.4 Å². The highest BCUT2D eigenvalue weighted by atomic mass is 79.9. The minimum absolute atomic E-state index is 0.157. The summed E-state index contributed by atoms with van der Waals surface area (Å²) in [5, 5.41) is 0. The lowest BCUT2D eigenvalue weighted by Gasteiger charge is -2.11. The lowest BCUT2D eigenvalue weighted by molar-refractivity contribution is 0.104. The summed E-state index contributed by atoms with van der Waals surface area (Å²) in [6, 6.07) is 8.65. The number of carbonyl (C=O) groups excluding carboxylic acids is 1. The summed E-state index contributed by atoms with van der Waals surface area (Å²) in [6.45, 7) is 0. The average Bonchev–Trinajstić information content (AvgIpc) is 2.65.